The van der Waals surface area contributed by atoms with Crippen molar-refractivity contribution in [1.29, 1.82) is 0 Å². The van der Waals surface area contributed by atoms with Gasteiger partial charge < -0.3 is 8.83 Å². The Bertz CT molecular complexity index is 1100. The number of anilines is 1. The monoisotopic (exact) mass is 496 g/mol. The lowest BCUT2D eigenvalue weighted by Crippen LogP contribution is -2.32. The fourth-order valence-corrected chi connectivity index (χ4v) is 4.68. The molecule has 0 unspecified atom stereocenters. The van der Waals surface area contributed by atoms with Gasteiger partial charge in [-0.2, -0.15) is 4.31 Å². The molecule has 0 bridgehead atoms. The number of hydrogen-bond acceptors (Lipinski definition) is 7. The number of benzene rings is 1. The molecule has 0 saturated carbocycles. The number of nitrogens with one attached hydrogen (secondary N) is 1. The number of hydrogen-bond donors (Lipinski definition) is 1. The summed E-state index contributed by atoms with van der Waals surface area (Å²) >= 11 is 3.18. The summed E-state index contributed by atoms with van der Waals surface area (Å²) < 4.78 is 38.3. The standard InChI is InChI=1S/C19H21BrN4O5S/c1-3-11-24(12-4-2)30(26,27)14-7-5-13(6-8-14)17(25)21-19-23-22-18(29-19)15-9-10-16(20)28-15/h5-10H,3-4,11-12H2,1-2H3,(H,21,23,25). The molecular formula is C19H21BrN4O5S. The third kappa shape index (κ3) is 4.97. The zero-order chi connectivity index (χ0) is 21.7. The smallest absolute Gasteiger partial charge is 0.322 e. The minimum atomic E-state index is -3.61. The highest BCUT2D eigenvalue weighted by Crippen LogP contribution is 2.25. The molecule has 0 aliphatic carbocycles. The van der Waals surface area contributed by atoms with Gasteiger partial charge in [0.15, 0.2) is 10.4 Å². The predicted octanol–water partition coefficient (Wildman–Crippen LogP) is 4.16. The van der Waals surface area contributed by atoms with Crippen LogP contribution < -0.4 is 5.32 Å². The van der Waals surface area contributed by atoms with E-state index < -0.39 is 15.9 Å². The maximum Gasteiger partial charge on any atom is 0.322 e. The van der Waals surface area contributed by atoms with E-state index in [9.17, 15) is 13.2 Å². The van der Waals surface area contributed by atoms with Gasteiger partial charge in [-0.1, -0.05) is 18.9 Å². The molecule has 0 aliphatic heterocycles. The second-order valence-electron chi connectivity index (χ2n) is 6.40. The SMILES string of the molecule is CCCN(CCC)S(=O)(=O)c1ccc(C(=O)Nc2nnc(-c3ccc(Br)o3)o2)cc1. The Morgan fingerprint density at radius 2 is 1.70 bits per heavy atom. The molecular weight excluding hydrogens is 476 g/mol. The normalized spacial score (nSPS) is 11.7. The van der Waals surface area contributed by atoms with Crippen LogP contribution in [-0.4, -0.2) is 41.9 Å². The fraction of sp³-hybridized carbons (Fsp3) is 0.316. The number of halogens is 1. The van der Waals surface area contributed by atoms with Crippen LogP contribution >= 0.6 is 15.9 Å². The summed E-state index contributed by atoms with van der Waals surface area (Å²) in [6.07, 6.45) is 1.45. The fourth-order valence-electron chi connectivity index (χ4n) is 2.75. The largest absolute Gasteiger partial charge is 0.444 e. The molecule has 0 fully saturated rings. The highest BCUT2D eigenvalue weighted by atomic mass is 79.9. The van der Waals surface area contributed by atoms with Crippen LogP contribution in [0.3, 0.4) is 0 Å². The van der Waals surface area contributed by atoms with Gasteiger partial charge in [-0.25, -0.2) is 8.42 Å². The molecule has 0 saturated heterocycles. The molecule has 3 rings (SSSR count). The van der Waals surface area contributed by atoms with Crippen LogP contribution in [0.15, 0.2) is 54.8 Å². The molecule has 0 spiro atoms. The highest BCUT2D eigenvalue weighted by Gasteiger charge is 2.23. The Balaban J connectivity index is 1.71. The summed E-state index contributed by atoms with van der Waals surface area (Å²) in [5.41, 5.74) is 0.256. The number of aromatic nitrogens is 2. The lowest BCUT2D eigenvalue weighted by Gasteiger charge is -2.21. The highest BCUT2D eigenvalue weighted by molar-refractivity contribution is 9.10. The van der Waals surface area contributed by atoms with Crippen molar-refractivity contribution in [3.05, 3.63) is 46.6 Å². The Morgan fingerprint density at radius 1 is 1.03 bits per heavy atom. The van der Waals surface area contributed by atoms with Crippen molar-refractivity contribution in [2.24, 2.45) is 0 Å². The van der Waals surface area contributed by atoms with Crippen molar-refractivity contribution in [2.75, 3.05) is 18.4 Å². The van der Waals surface area contributed by atoms with E-state index in [0.717, 1.165) is 12.8 Å². The molecule has 0 radical (unpaired) electrons. The first-order valence-corrected chi connectivity index (χ1v) is 11.6. The third-order valence-electron chi connectivity index (χ3n) is 4.13. The van der Waals surface area contributed by atoms with E-state index in [1.165, 1.54) is 28.6 Å². The van der Waals surface area contributed by atoms with Crippen LogP contribution in [0.4, 0.5) is 6.01 Å². The zero-order valence-electron chi connectivity index (χ0n) is 16.5. The molecule has 11 heteroatoms. The lowest BCUT2D eigenvalue weighted by molar-refractivity contribution is 0.102. The Hall–Kier alpha value is -2.50. The molecule has 2 aromatic heterocycles. The molecule has 30 heavy (non-hydrogen) atoms. The Morgan fingerprint density at radius 3 is 2.27 bits per heavy atom. The topological polar surface area (TPSA) is 119 Å². The molecule has 2 heterocycles. The van der Waals surface area contributed by atoms with Crippen molar-refractivity contribution in [2.45, 2.75) is 31.6 Å². The lowest BCUT2D eigenvalue weighted by atomic mass is 10.2. The molecule has 1 N–H and O–H groups in total. The minimum absolute atomic E-state index is 0.101. The van der Waals surface area contributed by atoms with Gasteiger partial charge in [0, 0.05) is 18.7 Å². The van der Waals surface area contributed by atoms with Gasteiger partial charge in [-0.05, 0) is 65.2 Å². The van der Waals surface area contributed by atoms with E-state index in [4.69, 9.17) is 8.83 Å². The van der Waals surface area contributed by atoms with Crippen LogP contribution in [0.2, 0.25) is 0 Å². The first-order chi connectivity index (χ1) is 14.3. The average molecular weight is 497 g/mol. The van der Waals surface area contributed by atoms with E-state index in [0.29, 0.717) is 23.5 Å². The number of carbonyl (C=O) groups excluding carboxylic acids is 1. The van der Waals surface area contributed by atoms with Crippen molar-refractivity contribution in [1.82, 2.24) is 14.5 Å². The van der Waals surface area contributed by atoms with E-state index in [-0.39, 0.29) is 22.4 Å². The molecule has 3 aromatic rings. The Kier molecular flexibility index (Phi) is 7.06. The maximum absolute atomic E-state index is 12.8. The summed E-state index contributed by atoms with van der Waals surface area (Å²) in [4.78, 5) is 12.6. The maximum atomic E-state index is 12.8. The molecule has 160 valence electrons. The summed E-state index contributed by atoms with van der Waals surface area (Å²) in [6.45, 7) is 4.76. The van der Waals surface area contributed by atoms with Crippen LogP contribution in [0.1, 0.15) is 37.0 Å². The van der Waals surface area contributed by atoms with E-state index in [1.807, 2.05) is 13.8 Å². The van der Waals surface area contributed by atoms with Crippen molar-refractivity contribution >= 4 is 37.9 Å². The first-order valence-electron chi connectivity index (χ1n) is 9.36. The second kappa shape index (κ2) is 9.54. The van der Waals surface area contributed by atoms with Crippen LogP contribution in [0.25, 0.3) is 11.7 Å². The van der Waals surface area contributed by atoms with Crippen molar-refractivity contribution in [3.63, 3.8) is 0 Å². The average Bonchev–Trinajstić information content (AvgIpc) is 3.36. The second-order valence-corrected chi connectivity index (χ2v) is 9.12. The number of amides is 1. The van der Waals surface area contributed by atoms with E-state index in [1.54, 1.807) is 12.1 Å². The first kappa shape index (κ1) is 22.2. The summed E-state index contributed by atoms with van der Waals surface area (Å²) in [5, 5.41) is 10.1. The third-order valence-corrected chi connectivity index (χ3v) is 6.47. The quantitative estimate of drug-likeness (QED) is 0.472. The van der Waals surface area contributed by atoms with E-state index >= 15 is 0 Å². The minimum Gasteiger partial charge on any atom is -0.444 e. The van der Waals surface area contributed by atoms with Gasteiger partial charge in [-0.15, -0.1) is 5.10 Å². The van der Waals surface area contributed by atoms with Crippen LogP contribution in [-0.2, 0) is 10.0 Å². The number of sulfonamides is 1. The Labute approximate surface area is 182 Å². The number of furan rings is 1. The number of rotatable bonds is 9. The molecule has 1 amide bonds. The molecule has 1 aromatic carbocycles. The van der Waals surface area contributed by atoms with Gasteiger partial charge in [-0.3, -0.25) is 10.1 Å². The summed E-state index contributed by atoms with van der Waals surface area (Å²) in [7, 11) is -3.61. The van der Waals surface area contributed by atoms with Gasteiger partial charge in [0.1, 0.15) is 0 Å². The van der Waals surface area contributed by atoms with Crippen LogP contribution in [0, 0.1) is 0 Å². The van der Waals surface area contributed by atoms with Gasteiger partial charge in [0.05, 0.1) is 4.90 Å². The van der Waals surface area contributed by atoms with Gasteiger partial charge in [0.25, 0.3) is 11.8 Å². The van der Waals surface area contributed by atoms with Gasteiger partial charge in [0.2, 0.25) is 10.0 Å². The molecule has 0 atom stereocenters. The number of carbonyl (C=O) groups is 1. The van der Waals surface area contributed by atoms with Crippen LogP contribution in [0.5, 0.6) is 0 Å². The van der Waals surface area contributed by atoms with Crippen molar-refractivity contribution in [3.8, 4) is 11.7 Å². The predicted molar refractivity (Wildman–Crippen MR) is 113 cm³/mol. The van der Waals surface area contributed by atoms with E-state index in [2.05, 4.69) is 31.4 Å². The van der Waals surface area contributed by atoms with Crippen molar-refractivity contribution < 1.29 is 22.0 Å². The molecule has 0 aliphatic rings. The zero-order valence-corrected chi connectivity index (χ0v) is 18.9. The summed E-state index contributed by atoms with van der Waals surface area (Å²) in [6, 6.07) is 8.94. The van der Waals surface area contributed by atoms with Gasteiger partial charge >= 0.3 is 6.01 Å². The summed E-state index contributed by atoms with van der Waals surface area (Å²) in [5.74, 6) is -0.0359. The number of nitrogens with zero attached hydrogens (tertiary/aromatic N) is 3. The molecule has 9 nitrogen and oxygen atoms in total.